The van der Waals surface area contributed by atoms with E-state index in [0.717, 1.165) is 0 Å². The van der Waals surface area contributed by atoms with Crippen molar-refractivity contribution in [3.05, 3.63) is 0 Å². The van der Waals surface area contributed by atoms with Crippen LogP contribution in [0.25, 0.3) is 0 Å². The van der Waals surface area contributed by atoms with Crippen molar-refractivity contribution < 1.29 is 20.4 Å². The predicted molar refractivity (Wildman–Crippen MR) is 58.7 cm³/mol. The molecule has 2 saturated carbocycles. The van der Waals surface area contributed by atoms with Gasteiger partial charge in [0.05, 0.1) is 23.9 Å². The van der Waals surface area contributed by atoms with Gasteiger partial charge in [-0.05, 0) is 19.3 Å². The molecule has 0 heterocycles. The Balaban J connectivity index is 2.37. The van der Waals surface area contributed by atoms with E-state index >= 15 is 0 Å². The second kappa shape index (κ2) is 3.67. The van der Waals surface area contributed by atoms with Crippen molar-refractivity contribution in [3.8, 4) is 0 Å². The first-order valence-corrected chi connectivity index (χ1v) is 6.08. The molecule has 2 rings (SSSR count). The third kappa shape index (κ3) is 1.44. The number of fused-ring (bicyclic) bond motifs is 1. The topological polar surface area (TPSA) is 80.9 Å². The average Bonchev–Trinajstić information content (AvgIpc) is 2.21. The molecule has 0 aromatic carbocycles. The summed E-state index contributed by atoms with van der Waals surface area (Å²) >= 11 is 0. The molecule has 0 spiro atoms. The smallest absolute Gasteiger partial charge is 0.0777 e. The summed E-state index contributed by atoms with van der Waals surface area (Å²) in [6.45, 7) is 3.65. The van der Waals surface area contributed by atoms with E-state index in [1.165, 1.54) is 0 Å². The molecule has 16 heavy (non-hydrogen) atoms. The lowest BCUT2D eigenvalue weighted by Crippen LogP contribution is -2.66. The molecule has 2 aliphatic carbocycles. The summed E-state index contributed by atoms with van der Waals surface area (Å²) in [7, 11) is 0. The monoisotopic (exact) mass is 230 g/mol. The number of hydrogen-bond donors (Lipinski definition) is 4. The summed E-state index contributed by atoms with van der Waals surface area (Å²) in [6, 6.07) is 0. The Labute approximate surface area is 95.9 Å². The number of rotatable bonds is 0. The molecule has 0 unspecified atom stereocenters. The van der Waals surface area contributed by atoms with Gasteiger partial charge in [-0.2, -0.15) is 0 Å². The lowest BCUT2D eigenvalue weighted by Gasteiger charge is -2.59. The molecule has 94 valence electrons. The van der Waals surface area contributed by atoms with Gasteiger partial charge in [0.15, 0.2) is 0 Å². The molecule has 6 atom stereocenters. The molecule has 0 aromatic rings. The molecule has 0 aromatic heterocycles. The van der Waals surface area contributed by atoms with Crippen molar-refractivity contribution >= 4 is 0 Å². The van der Waals surface area contributed by atoms with Gasteiger partial charge in [0.25, 0.3) is 0 Å². The van der Waals surface area contributed by atoms with Gasteiger partial charge in [0, 0.05) is 17.8 Å². The third-order valence-corrected chi connectivity index (χ3v) is 5.04. The SMILES string of the molecule is C[C@@H]1[C@@H](O)C[C@@H](O)[C@]2(C)C[C@H](O)CC[C@@]12O. The number of aliphatic hydroxyl groups excluding tert-OH is 3. The number of aliphatic hydroxyl groups is 4. The molecular weight excluding hydrogens is 208 g/mol. The largest absolute Gasteiger partial charge is 0.393 e. The molecular formula is C12H22O4. The quantitative estimate of drug-likeness (QED) is 0.473. The minimum atomic E-state index is -1.07. The molecule has 0 aliphatic heterocycles. The highest BCUT2D eigenvalue weighted by Gasteiger charge is 2.61. The van der Waals surface area contributed by atoms with Crippen molar-refractivity contribution in [2.45, 2.75) is 63.4 Å². The first-order valence-electron chi connectivity index (χ1n) is 6.08. The maximum atomic E-state index is 10.7. The van der Waals surface area contributed by atoms with Crippen LogP contribution in [0.15, 0.2) is 0 Å². The van der Waals surface area contributed by atoms with Crippen molar-refractivity contribution in [1.82, 2.24) is 0 Å². The normalized spacial score (nSPS) is 58.1. The second-order valence-electron chi connectivity index (χ2n) is 5.85. The zero-order valence-corrected chi connectivity index (χ0v) is 9.93. The van der Waals surface area contributed by atoms with Gasteiger partial charge in [0.1, 0.15) is 0 Å². The van der Waals surface area contributed by atoms with Crippen LogP contribution < -0.4 is 0 Å². The van der Waals surface area contributed by atoms with Gasteiger partial charge >= 0.3 is 0 Å². The van der Waals surface area contributed by atoms with E-state index in [2.05, 4.69) is 0 Å². The van der Waals surface area contributed by atoms with E-state index < -0.39 is 29.3 Å². The summed E-state index contributed by atoms with van der Waals surface area (Å²) in [5.74, 6) is -0.256. The molecule has 0 bridgehead atoms. The Morgan fingerprint density at radius 3 is 2.44 bits per heavy atom. The Hall–Kier alpha value is -0.160. The standard InChI is InChI=1S/C12H22O4/c1-7-9(14)5-10(15)11(2)6-8(13)3-4-12(7,11)16/h7-10,13-16H,3-6H2,1-2H3/t7-,8-,9+,10-,11+,12-/m1/s1. The Morgan fingerprint density at radius 2 is 1.81 bits per heavy atom. The van der Waals surface area contributed by atoms with E-state index in [1.54, 1.807) is 0 Å². The Bertz CT molecular complexity index is 280. The Morgan fingerprint density at radius 1 is 1.19 bits per heavy atom. The maximum Gasteiger partial charge on any atom is 0.0777 e. The van der Waals surface area contributed by atoms with Crippen LogP contribution in [-0.4, -0.2) is 44.3 Å². The first-order chi connectivity index (χ1) is 7.31. The van der Waals surface area contributed by atoms with Crippen LogP contribution in [0.4, 0.5) is 0 Å². The molecule has 2 aliphatic rings. The molecule has 4 heteroatoms. The summed E-state index contributed by atoms with van der Waals surface area (Å²) in [5.41, 5.74) is -1.77. The first kappa shape index (κ1) is 12.3. The van der Waals surface area contributed by atoms with E-state index in [-0.39, 0.29) is 12.3 Å². The van der Waals surface area contributed by atoms with Crippen LogP contribution in [0.1, 0.15) is 39.5 Å². The molecule has 4 N–H and O–H groups in total. The summed E-state index contributed by atoms with van der Waals surface area (Å²) in [6.07, 6.45) is -0.200. The van der Waals surface area contributed by atoms with Gasteiger partial charge in [0.2, 0.25) is 0 Å². The van der Waals surface area contributed by atoms with Crippen LogP contribution in [0.3, 0.4) is 0 Å². The van der Waals surface area contributed by atoms with Crippen molar-refractivity contribution in [3.63, 3.8) is 0 Å². The maximum absolute atomic E-state index is 10.7. The van der Waals surface area contributed by atoms with E-state index in [9.17, 15) is 20.4 Å². The van der Waals surface area contributed by atoms with Gasteiger partial charge in [-0.15, -0.1) is 0 Å². The second-order valence-corrected chi connectivity index (χ2v) is 5.85. The Kier molecular flexibility index (Phi) is 2.82. The predicted octanol–water partition coefficient (Wildman–Crippen LogP) is 0.0302. The molecule has 4 nitrogen and oxygen atoms in total. The minimum absolute atomic E-state index is 0.256. The van der Waals surface area contributed by atoms with Gasteiger partial charge in [-0.25, -0.2) is 0 Å². The fourth-order valence-corrected chi connectivity index (χ4v) is 3.62. The van der Waals surface area contributed by atoms with Crippen LogP contribution >= 0.6 is 0 Å². The van der Waals surface area contributed by atoms with Crippen molar-refractivity contribution in [2.75, 3.05) is 0 Å². The van der Waals surface area contributed by atoms with E-state index in [4.69, 9.17) is 0 Å². The zero-order chi connectivity index (χ0) is 12.1. The highest BCUT2D eigenvalue weighted by Crippen LogP contribution is 2.55. The highest BCUT2D eigenvalue weighted by atomic mass is 16.3. The van der Waals surface area contributed by atoms with E-state index in [0.29, 0.717) is 19.3 Å². The minimum Gasteiger partial charge on any atom is -0.393 e. The zero-order valence-electron chi connectivity index (χ0n) is 9.93. The van der Waals surface area contributed by atoms with E-state index in [1.807, 2.05) is 13.8 Å². The van der Waals surface area contributed by atoms with Crippen molar-refractivity contribution in [2.24, 2.45) is 11.3 Å². The average molecular weight is 230 g/mol. The lowest BCUT2D eigenvalue weighted by molar-refractivity contribution is -0.250. The molecule has 2 fully saturated rings. The molecule has 0 amide bonds. The van der Waals surface area contributed by atoms with Crippen LogP contribution in [0.2, 0.25) is 0 Å². The van der Waals surface area contributed by atoms with Crippen LogP contribution in [-0.2, 0) is 0 Å². The van der Waals surface area contributed by atoms with Gasteiger partial charge in [-0.1, -0.05) is 13.8 Å². The summed E-state index contributed by atoms with van der Waals surface area (Å²) in [5, 5.41) is 40.4. The number of hydrogen-bond acceptors (Lipinski definition) is 4. The highest BCUT2D eigenvalue weighted by molar-refractivity contribution is 5.11. The van der Waals surface area contributed by atoms with Crippen LogP contribution in [0, 0.1) is 11.3 Å². The molecule has 0 saturated heterocycles. The fourth-order valence-electron chi connectivity index (χ4n) is 3.62. The van der Waals surface area contributed by atoms with Crippen molar-refractivity contribution in [1.29, 1.82) is 0 Å². The van der Waals surface area contributed by atoms with Gasteiger partial charge in [-0.3, -0.25) is 0 Å². The molecule has 0 radical (unpaired) electrons. The van der Waals surface area contributed by atoms with Gasteiger partial charge < -0.3 is 20.4 Å². The third-order valence-electron chi connectivity index (χ3n) is 5.04. The summed E-state index contributed by atoms with van der Waals surface area (Å²) < 4.78 is 0. The lowest BCUT2D eigenvalue weighted by atomic mass is 9.51. The van der Waals surface area contributed by atoms with Crippen LogP contribution in [0.5, 0.6) is 0 Å². The summed E-state index contributed by atoms with van der Waals surface area (Å²) in [4.78, 5) is 0. The fraction of sp³-hybridized carbons (Fsp3) is 1.00.